The SMILES string of the molecule is COC(=O)COc1c(Br)cc(C=NNC(=O)CC(=O)Nc2cccc(C(F)(F)F)c2)cc1OC. The average Bonchev–Trinajstić information content (AvgIpc) is 2.77. The van der Waals surface area contributed by atoms with Crippen LogP contribution in [0, 0.1) is 0 Å². The summed E-state index contributed by atoms with van der Waals surface area (Å²) >= 11 is 3.28. The Kier molecular flexibility index (Phi) is 9.42. The first kappa shape index (κ1) is 26.6. The third kappa shape index (κ3) is 8.06. The zero-order chi connectivity index (χ0) is 25.3. The van der Waals surface area contributed by atoms with Gasteiger partial charge in [-0.3, -0.25) is 9.59 Å². The van der Waals surface area contributed by atoms with E-state index >= 15 is 0 Å². The molecule has 2 rings (SSSR count). The van der Waals surface area contributed by atoms with Crippen molar-refractivity contribution in [2.45, 2.75) is 12.6 Å². The molecule has 0 unspecified atom stereocenters. The highest BCUT2D eigenvalue weighted by molar-refractivity contribution is 9.10. The zero-order valence-corrected chi connectivity index (χ0v) is 19.5. The first-order valence-electron chi connectivity index (χ1n) is 9.39. The molecule has 0 bridgehead atoms. The van der Waals surface area contributed by atoms with Gasteiger partial charge in [-0.05, 0) is 51.8 Å². The lowest BCUT2D eigenvalue weighted by Gasteiger charge is -2.12. The van der Waals surface area contributed by atoms with E-state index < -0.39 is 35.9 Å². The Morgan fingerprint density at radius 3 is 2.50 bits per heavy atom. The molecule has 0 heterocycles. The summed E-state index contributed by atoms with van der Waals surface area (Å²) in [6, 6.07) is 7.13. The molecule has 13 heteroatoms. The number of nitrogens with one attached hydrogen (secondary N) is 2. The van der Waals surface area contributed by atoms with Crippen LogP contribution in [0.2, 0.25) is 0 Å². The summed E-state index contributed by atoms with van der Waals surface area (Å²) in [5, 5.41) is 5.96. The third-order valence-corrected chi connectivity index (χ3v) is 4.60. The number of hydrogen-bond donors (Lipinski definition) is 2. The third-order valence-electron chi connectivity index (χ3n) is 4.01. The molecule has 2 amide bonds. The van der Waals surface area contributed by atoms with E-state index in [0.717, 1.165) is 18.2 Å². The van der Waals surface area contributed by atoms with E-state index in [0.29, 0.717) is 10.0 Å². The zero-order valence-electron chi connectivity index (χ0n) is 17.9. The summed E-state index contributed by atoms with van der Waals surface area (Å²) < 4.78 is 53.8. The molecule has 2 aromatic carbocycles. The molecule has 0 aromatic heterocycles. The normalized spacial score (nSPS) is 11.1. The highest BCUT2D eigenvalue weighted by Crippen LogP contribution is 2.36. The van der Waals surface area contributed by atoms with E-state index in [4.69, 9.17) is 9.47 Å². The number of benzene rings is 2. The maximum absolute atomic E-state index is 12.7. The van der Waals surface area contributed by atoms with E-state index in [2.05, 4.69) is 36.5 Å². The number of alkyl halides is 3. The van der Waals surface area contributed by atoms with Gasteiger partial charge in [0.2, 0.25) is 11.8 Å². The van der Waals surface area contributed by atoms with Gasteiger partial charge in [0.05, 0.1) is 30.5 Å². The number of amides is 2. The number of hydrazone groups is 1. The lowest BCUT2D eigenvalue weighted by atomic mass is 10.2. The Morgan fingerprint density at radius 2 is 1.85 bits per heavy atom. The number of nitrogens with zero attached hydrogens (tertiary/aromatic N) is 1. The summed E-state index contributed by atoms with van der Waals surface area (Å²) in [6.45, 7) is -0.336. The molecule has 0 aliphatic carbocycles. The number of hydrogen-bond acceptors (Lipinski definition) is 7. The van der Waals surface area contributed by atoms with Crippen LogP contribution in [0.15, 0.2) is 46.0 Å². The van der Waals surface area contributed by atoms with Gasteiger partial charge in [0.25, 0.3) is 0 Å². The second kappa shape index (κ2) is 12.0. The van der Waals surface area contributed by atoms with Crippen molar-refractivity contribution < 1.29 is 41.8 Å². The molecule has 182 valence electrons. The number of anilines is 1. The number of rotatable bonds is 9. The van der Waals surface area contributed by atoms with Gasteiger partial charge in [-0.2, -0.15) is 18.3 Å². The maximum Gasteiger partial charge on any atom is 0.416 e. The molecule has 0 saturated heterocycles. The molecule has 0 fully saturated rings. The highest BCUT2D eigenvalue weighted by atomic mass is 79.9. The predicted molar refractivity (Wildman–Crippen MR) is 119 cm³/mol. The second-order valence-electron chi connectivity index (χ2n) is 6.50. The van der Waals surface area contributed by atoms with Crippen LogP contribution in [0.1, 0.15) is 17.5 Å². The largest absolute Gasteiger partial charge is 0.493 e. The molecule has 34 heavy (non-hydrogen) atoms. The number of esters is 1. The van der Waals surface area contributed by atoms with Crippen molar-refractivity contribution in [2.24, 2.45) is 5.10 Å². The van der Waals surface area contributed by atoms with Gasteiger partial charge in [-0.25, -0.2) is 10.2 Å². The Labute approximate surface area is 200 Å². The maximum atomic E-state index is 12.7. The van der Waals surface area contributed by atoms with Gasteiger partial charge >= 0.3 is 12.1 Å². The number of carbonyl (C=O) groups excluding carboxylic acids is 3. The molecule has 9 nitrogen and oxygen atoms in total. The summed E-state index contributed by atoms with van der Waals surface area (Å²) in [5.41, 5.74) is 1.60. The van der Waals surface area contributed by atoms with Crippen LogP contribution >= 0.6 is 15.9 Å². The summed E-state index contributed by atoms with van der Waals surface area (Å²) in [4.78, 5) is 35.1. The van der Waals surface area contributed by atoms with Crippen LogP contribution in [0.3, 0.4) is 0 Å². The van der Waals surface area contributed by atoms with Gasteiger partial charge in [0, 0.05) is 5.69 Å². The lowest BCUT2D eigenvalue weighted by molar-refractivity contribution is -0.143. The van der Waals surface area contributed by atoms with Crippen LogP contribution in [0.25, 0.3) is 0 Å². The quantitative estimate of drug-likeness (QED) is 0.215. The first-order valence-corrected chi connectivity index (χ1v) is 10.2. The van der Waals surface area contributed by atoms with Crippen molar-refractivity contribution in [3.05, 3.63) is 52.0 Å². The highest BCUT2D eigenvalue weighted by Gasteiger charge is 2.30. The summed E-state index contributed by atoms with van der Waals surface area (Å²) in [6.07, 6.45) is -3.96. The van der Waals surface area contributed by atoms with Crippen molar-refractivity contribution in [2.75, 3.05) is 26.1 Å². The molecule has 2 aromatic rings. The summed E-state index contributed by atoms with van der Waals surface area (Å²) in [5.74, 6) is -1.67. The van der Waals surface area contributed by atoms with E-state index in [1.165, 1.54) is 32.6 Å². The van der Waals surface area contributed by atoms with Crippen LogP contribution in [-0.2, 0) is 25.3 Å². The van der Waals surface area contributed by atoms with Crippen LogP contribution in [0.5, 0.6) is 11.5 Å². The molecule has 0 aliphatic heterocycles. The van der Waals surface area contributed by atoms with Crippen LogP contribution in [0.4, 0.5) is 18.9 Å². The van der Waals surface area contributed by atoms with Crippen molar-refractivity contribution in [3.63, 3.8) is 0 Å². The standard InChI is InChI=1S/C21H19BrF3N3O6/c1-32-16-7-12(6-15(22)20(16)34-11-19(31)33-2)10-26-28-18(30)9-17(29)27-14-5-3-4-13(8-14)21(23,24)25/h3-8,10H,9,11H2,1-2H3,(H,27,29)(H,28,30). The fraction of sp³-hybridized carbons (Fsp3) is 0.238. The Balaban J connectivity index is 1.95. The fourth-order valence-corrected chi connectivity index (χ4v) is 3.06. The smallest absolute Gasteiger partial charge is 0.416 e. The Bertz CT molecular complexity index is 1090. The Morgan fingerprint density at radius 1 is 1.12 bits per heavy atom. The molecule has 0 aliphatic rings. The van der Waals surface area contributed by atoms with E-state index in [9.17, 15) is 27.6 Å². The molecule has 0 radical (unpaired) electrons. The van der Waals surface area contributed by atoms with Gasteiger partial charge in [-0.1, -0.05) is 6.07 Å². The van der Waals surface area contributed by atoms with Crippen molar-refractivity contribution in [1.29, 1.82) is 0 Å². The van der Waals surface area contributed by atoms with Gasteiger partial charge in [-0.15, -0.1) is 0 Å². The second-order valence-corrected chi connectivity index (χ2v) is 7.35. The number of ether oxygens (including phenoxy) is 3. The molecule has 2 N–H and O–H groups in total. The molecule has 0 atom stereocenters. The topological polar surface area (TPSA) is 115 Å². The Hall–Kier alpha value is -3.61. The minimum absolute atomic E-state index is 0.0948. The van der Waals surface area contributed by atoms with Crippen LogP contribution < -0.4 is 20.2 Å². The van der Waals surface area contributed by atoms with Crippen molar-refractivity contribution in [3.8, 4) is 11.5 Å². The van der Waals surface area contributed by atoms with Crippen LogP contribution in [-0.4, -0.2) is 44.8 Å². The minimum atomic E-state index is -4.56. The summed E-state index contributed by atoms with van der Waals surface area (Å²) in [7, 11) is 2.61. The van der Waals surface area contributed by atoms with E-state index in [1.807, 2.05) is 0 Å². The number of methoxy groups -OCH3 is 2. The average molecular weight is 546 g/mol. The van der Waals surface area contributed by atoms with Crippen molar-refractivity contribution in [1.82, 2.24) is 5.43 Å². The fourth-order valence-electron chi connectivity index (χ4n) is 2.49. The minimum Gasteiger partial charge on any atom is -0.493 e. The van der Waals surface area contributed by atoms with Crippen molar-refractivity contribution >= 4 is 45.6 Å². The number of carbonyl (C=O) groups is 3. The molecular weight excluding hydrogens is 527 g/mol. The first-order chi connectivity index (χ1) is 16.0. The van der Waals surface area contributed by atoms with Gasteiger partial charge in [0.15, 0.2) is 18.1 Å². The molecule has 0 spiro atoms. The number of halogens is 4. The van der Waals surface area contributed by atoms with E-state index in [1.54, 1.807) is 6.07 Å². The lowest BCUT2D eigenvalue weighted by Crippen LogP contribution is -2.24. The monoisotopic (exact) mass is 545 g/mol. The molecule has 0 saturated carbocycles. The van der Waals surface area contributed by atoms with Gasteiger partial charge in [0.1, 0.15) is 6.42 Å². The van der Waals surface area contributed by atoms with Gasteiger partial charge < -0.3 is 19.5 Å². The predicted octanol–water partition coefficient (Wildman–Crippen LogP) is 3.51. The van der Waals surface area contributed by atoms with E-state index in [-0.39, 0.29) is 23.8 Å². The molecular formula is C21H19BrF3N3O6.